The first-order chi connectivity index (χ1) is 13.1. The molecular formula is C17H18F3N5O3. The van der Waals surface area contributed by atoms with Crippen LogP contribution >= 0.6 is 0 Å². The maximum absolute atomic E-state index is 13.3. The molecule has 0 saturated carbocycles. The highest BCUT2D eigenvalue weighted by atomic mass is 19.4. The van der Waals surface area contributed by atoms with Gasteiger partial charge >= 0.3 is 12.3 Å². The van der Waals surface area contributed by atoms with Crippen LogP contribution in [0.1, 0.15) is 35.2 Å². The Morgan fingerprint density at radius 1 is 1.32 bits per heavy atom. The summed E-state index contributed by atoms with van der Waals surface area (Å²) in [6.07, 6.45) is -4.44. The number of hydrogen-bond donors (Lipinski definition) is 0. The number of carbonyl (C=O) groups is 2. The summed E-state index contributed by atoms with van der Waals surface area (Å²) < 4.78 is 45.7. The number of hydrogen-bond acceptors (Lipinski definition) is 5. The van der Waals surface area contributed by atoms with E-state index in [1.54, 1.807) is 4.90 Å². The van der Waals surface area contributed by atoms with Gasteiger partial charge in [-0.3, -0.25) is 9.69 Å². The number of aryl methyl sites for hydroxylation is 1. The first kappa shape index (κ1) is 18.5. The normalized spacial score (nSPS) is 22.5. The quantitative estimate of drug-likeness (QED) is 0.776. The van der Waals surface area contributed by atoms with Crippen molar-refractivity contribution in [2.45, 2.75) is 32.0 Å². The first-order valence-corrected chi connectivity index (χ1v) is 8.83. The van der Waals surface area contributed by atoms with Gasteiger partial charge in [-0.1, -0.05) is 6.92 Å². The number of cyclic esters (lactones) is 1. The summed E-state index contributed by atoms with van der Waals surface area (Å²) in [7, 11) is 0. The molecule has 2 aliphatic heterocycles. The molecule has 0 radical (unpaired) electrons. The van der Waals surface area contributed by atoms with Gasteiger partial charge in [-0.2, -0.15) is 18.3 Å². The standard InChI is InChI=1S/C17H18F3N5O3/c1-3-16-8-23(4-5-24(16)15(27)28-9-16)14(26)11-7-13-21-10(2)6-12(17(18,19)20)25(13)22-11/h6-7H,3-5,8-9H2,1-2H3. The second kappa shape index (κ2) is 6.08. The number of ether oxygens (including phenoxy) is 1. The van der Waals surface area contributed by atoms with Crippen LogP contribution in [0.4, 0.5) is 18.0 Å². The molecule has 11 heteroatoms. The molecule has 2 aromatic rings. The lowest BCUT2D eigenvalue weighted by Gasteiger charge is -2.43. The van der Waals surface area contributed by atoms with Gasteiger partial charge in [-0.25, -0.2) is 14.3 Å². The highest BCUT2D eigenvalue weighted by molar-refractivity contribution is 5.93. The molecule has 2 aromatic heterocycles. The molecule has 4 rings (SSSR count). The second-order valence-electron chi connectivity index (χ2n) is 7.09. The van der Waals surface area contributed by atoms with Gasteiger partial charge in [0, 0.05) is 31.4 Å². The summed E-state index contributed by atoms with van der Waals surface area (Å²) in [5.41, 5.74) is -1.58. The van der Waals surface area contributed by atoms with Crippen molar-refractivity contribution in [2.24, 2.45) is 0 Å². The third kappa shape index (κ3) is 2.76. The van der Waals surface area contributed by atoms with Gasteiger partial charge in [-0.15, -0.1) is 0 Å². The topological polar surface area (TPSA) is 80.0 Å². The van der Waals surface area contributed by atoms with Crippen molar-refractivity contribution >= 4 is 17.6 Å². The van der Waals surface area contributed by atoms with Crippen molar-refractivity contribution < 1.29 is 27.5 Å². The lowest BCUT2D eigenvalue weighted by molar-refractivity contribution is -0.142. The van der Waals surface area contributed by atoms with E-state index in [0.29, 0.717) is 17.5 Å². The summed E-state index contributed by atoms with van der Waals surface area (Å²) in [5, 5.41) is 3.88. The van der Waals surface area contributed by atoms with Gasteiger partial charge in [0.2, 0.25) is 0 Å². The molecule has 0 N–H and O–H groups in total. The van der Waals surface area contributed by atoms with Crippen molar-refractivity contribution in [3.8, 4) is 0 Å². The predicted octanol–water partition coefficient (Wildman–Crippen LogP) is 2.11. The van der Waals surface area contributed by atoms with Crippen LogP contribution in [-0.4, -0.2) is 68.2 Å². The fourth-order valence-electron chi connectivity index (χ4n) is 3.81. The van der Waals surface area contributed by atoms with Crippen LogP contribution in [0.25, 0.3) is 5.65 Å². The Kier molecular flexibility index (Phi) is 4.02. The van der Waals surface area contributed by atoms with Crippen LogP contribution < -0.4 is 0 Å². The highest BCUT2D eigenvalue weighted by Gasteiger charge is 2.50. The fraction of sp³-hybridized carbons (Fsp3) is 0.529. The maximum atomic E-state index is 13.3. The number of carbonyl (C=O) groups excluding carboxylic acids is 2. The van der Waals surface area contributed by atoms with Crippen LogP contribution in [0.3, 0.4) is 0 Å². The zero-order chi connectivity index (χ0) is 20.3. The Bertz CT molecular complexity index is 973. The van der Waals surface area contributed by atoms with E-state index in [-0.39, 0.29) is 36.7 Å². The van der Waals surface area contributed by atoms with Gasteiger partial charge in [0.1, 0.15) is 12.3 Å². The molecule has 0 spiro atoms. The van der Waals surface area contributed by atoms with Crippen LogP contribution in [-0.2, 0) is 10.9 Å². The van der Waals surface area contributed by atoms with E-state index in [1.807, 2.05) is 6.92 Å². The molecule has 1 unspecified atom stereocenters. The van der Waals surface area contributed by atoms with Gasteiger partial charge in [0.25, 0.3) is 5.91 Å². The molecule has 2 saturated heterocycles. The minimum absolute atomic E-state index is 0.0427. The van der Waals surface area contributed by atoms with Crippen LogP contribution in [0, 0.1) is 6.92 Å². The average molecular weight is 397 g/mol. The number of piperazine rings is 1. The zero-order valence-electron chi connectivity index (χ0n) is 15.3. The molecule has 0 aliphatic carbocycles. The number of amides is 2. The van der Waals surface area contributed by atoms with E-state index in [1.165, 1.54) is 17.9 Å². The Morgan fingerprint density at radius 2 is 2.07 bits per heavy atom. The summed E-state index contributed by atoms with van der Waals surface area (Å²) in [4.78, 5) is 32.0. The number of halogens is 3. The first-order valence-electron chi connectivity index (χ1n) is 8.83. The minimum atomic E-state index is -4.63. The van der Waals surface area contributed by atoms with E-state index >= 15 is 0 Å². The molecule has 0 bridgehead atoms. The molecule has 4 heterocycles. The van der Waals surface area contributed by atoms with Crippen LogP contribution in [0.15, 0.2) is 12.1 Å². The van der Waals surface area contributed by atoms with Crippen LogP contribution in [0.2, 0.25) is 0 Å². The van der Waals surface area contributed by atoms with E-state index < -0.39 is 29.4 Å². The van der Waals surface area contributed by atoms with Crippen molar-refractivity contribution in [2.75, 3.05) is 26.2 Å². The lowest BCUT2D eigenvalue weighted by atomic mass is 9.93. The smallest absolute Gasteiger partial charge is 0.433 e. The van der Waals surface area contributed by atoms with Crippen molar-refractivity contribution in [1.29, 1.82) is 0 Å². The predicted molar refractivity (Wildman–Crippen MR) is 89.7 cm³/mol. The van der Waals surface area contributed by atoms with Crippen LogP contribution in [0.5, 0.6) is 0 Å². The van der Waals surface area contributed by atoms with E-state index in [0.717, 1.165) is 6.07 Å². The average Bonchev–Trinajstić information content (AvgIpc) is 3.21. The van der Waals surface area contributed by atoms with Gasteiger partial charge in [0.05, 0.1) is 5.54 Å². The molecule has 2 aliphatic rings. The Balaban J connectivity index is 1.67. The molecule has 28 heavy (non-hydrogen) atoms. The van der Waals surface area contributed by atoms with E-state index in [2.05, 4.69) is 10.1 Å². The second-order valence-corrected chi connectivity index (χ2v) is 7.09. The molecule has 1 atom stereocenters. The van der Waals surface area contributed by atoms with E-state index in [9.17, 15) is 22.8 Å². The summed E-state index contributed by atoms with van der Waals surface area (Å²) >= 11 is 0. The number of aromatic nitrogens is 3. The maximum Gasteiger partial charge on any atom is 0.433 e. The molecular weight excluding hydrogens is 379 g/mol. The Labute approximate surface area is 157 Å². The number of alkyl halides is 3. The molecule has 150 valence electrons. The monoisotopic (exact) mass is 397 g/mol. The number of nitrogens with zero attached hydrogens (tertiary/aromatic N) is 5. The molecule has 8 nitrogen and oxygen atoms in total. The number of rotatable bonds is 2. The molecule has 2 fully saturated rings. The van der Waals surface area contributed by atoms with Crippen molar-refractivity contribution in [1.82, 2.24) is 24.4 Å². The largest absolute Gasteiger partial charge is 0.447 e. The van der Waals surface area contributed by atoms with Gasteiger partial charge in [0.15, 0.2) is 11.3 Å². The molecule has 2 amide bonds. The summed E-state index contributed by atoms with van der Waals surface area (Å²) in [6, 6.07) is 2.15. The zero-order valence-corrected chi connectivity index (χ0v) is 15.3. The lowest BCUT2D eigenvalue weighted by Crippen LogP contribution is -2.62. The van der Waals surface area contributed by atoms with Gasteiger partial charge < -0.3 is 9.64 Å². The minimum Gasteiger partial charge on any atom is -0.447 e. The van der Waals surface area contributed by atoms with E-state index in [4.69, 9.17) is 4.74 Å². The third-order valence-electron chi connectivity index (χ3n) is 5.35. The number of fused-ring (bicyclic) bond motifs is 2. The summed E-state index contributed by atoms with van der Waals surface area (Å²) in [5.74, 6) is -0.497. The van der Waals surface area contributed by atoms with Gasteiger partial charge in [-0.05, 0) is 19.4 Å². The van der Waals surface area contributed by atoms with Crippen molar-refractivity contribution in [3.63, 3.8) is 0 Å². The Hall–Kier alpha value is -2.85. The SMILES string of the molecule is CCC12COC(=O)N1CCN(C(=O)c1cc3nc(C)cc(C(F)(F)F)n3n1)C2. The fourth-order valence-corrected chi connectivity index (χ4v) is 3.81. The molecule has 0 aromatic carbocycles. The Morgan fingerprint density at radius 3 is 2.75 bits per heavy atom. The van der Waals surface area contributed by atoms with Crippen molar-refractivity contribution in [3.05, 3.63) is 29.2 Å². The highest BCUT2D eigenvalue weighted by Crippen LogP contribution is 2.33. The third-order valence-corrected chi connectivity index (χ3v) is 5.35. The summed E-state index contributed by atoms with van der Waals surface area (Å²) in [6.45, 7) is 4.32.